The molecule has 1 fully saturated rings. The van der Waals surface area contributed by atoms with Gasteiger partial charge in [0.25, 0.3) is 0 Å². The highest BCUT2D eigenvalue weighted by molar-refractivity contribution is 7.90. The molecular formula is C14H20N6O3S. The number of hydrogen-bond donors (Lipinski definition) is 2. The average Bonchev–Trinajstić information content (AvgIpc) is 2.98. The summed E-state index contributed by atoms with van der Waals surface area (Å²) in [6.07, 6.45) is 4.44. The first kappa shape index (κ1) is 16.8. The van der Waals surface area contributed by atoms with Crippen LogP contribution in [-0.2, 0) is 16.4 Å². The van der Waals surface area contributed by atoms with Crippen molar-refractivity contribution in [2.75, 3.05) is 24.7 Å². The molecule has 3 heterocycles. The number of aromatic nitrogens is 4. The Labute approximate surface area is 140 Å². The fourth-order valence-electron chi connectivity index (χ4n) is 2.70. The van der Waals surface area contributed by atoms with Crippen LogP contribution in [0.2, 0.25) is 0 Å². The second-order valence-corrected chi connectivity index (χ2v) is 7.83. The first-order valence-electron chi connectivity index (χ1n) is 7.74. The van der Waals surface area contributed by atoms with E-state index in [1.54, 1.807) is 6.92 Å². The highest BCUT2D eigenvalue weighted by Gasteiger charge is 2.25. The van der Waals surface area contributed by atoms with Gasteiger partial charge in [-0.25, -0.2) is 18.4 Å². The minimum atomic E-state index is -3.38. The van der Waals surface area contributed by atoms with E-state index in [-0.39, 0.29) is 10.8 Å². The van der Waals surface area contributed by atoms with E-state index in [4.69, 9.17) is 4.52 Å². The summed E-state index contributed by atoms with van der Waals surface area (Å²) in [5.41, 5.74) is 0.562. The van der Waals surface area contributed by atoms with Gasteiger partial charge < -0.3 is 15.2 Å². The molecule has 2 N–H and O–H groups in total. The molecule has 1 saturated heterocycles. The van der Waals surface area contributed by atoms with Crippen LogP contribution in [-0.4, -0.2) is 47.9 Å². The van der Waals surface area contributed by atoms with Crippen LogP contribution >= 0.6 is 0 Å². The summed E-state index contributed by atoms with van der Waals surface area (Å²) >= 11 is 0. The number of hydrogen-bond acceptors (Lipinski definition) is 9. The molecule has 24 heavy (non-hydrogen) atoms. The fourth-order valence-corrected chi connectivity index (χ4v) is 3.54. The molecule has 0 aromatic carbocycles. The second-order valence-electron chi connectivity index (χ2n) is 5.84. The van der Waals surface area contributed by atoms with Gasteiger partial charge in [-0.1, -0.05) is 5.16 Å². The number of nitrogens with one attached hydrogen (secondary N) is 2. The summed E-state index contributed by atoms with van der Waals surface area (Å²) < 4.78 is 29.0. The standard InChI is InChI=1S/C14H20N6O3S/c1-9-18-12(20-23-9)8-17-14-16-7-11(24(2,21)22)13(19-14)10-4-3-5-15-6-10/h7,10,15H,3-6,8H2,1-2H3,(H,16,17,19)/t10-/m1/s1. The maximum Gasteiger partial charge on any atom is 0.223 e. The summed E-state index contributed by atoms with van der Waals surface area (Å²) in [7, 11) is -3.38. The third-order valence-electron chi connectivity index (χ3n) is 3.84. The van der Waals surface area contributed by atoms with Gasteiger partial charge in [0.05, 0.1) is 18.4 Å². The molecule has 9 nitrogen and oxygen atoms in total. The van der Waals surface area contributed by atoms with Gasteiger partial charge in [0.1, 0.15) is 4.90 Å². The first-order valence-corrected chi connectivity index (χ1v) is 9.63. The van der Waals surface area contributed by atoms with Crippen molar-refractivity contribution in [2.24, 2.45) is 0 Å². The van der Waals surface area contributed by atoms with E-state index in [0.29, 0.717) is 36.4 Å². The predicted molar refractivity (Wildman–Crippen MR) is 86.3 cm³/mol. The molecule has 0 bridgehead atoms. The van der Waals surface area contributed by atoms with E-state index >= 15 is 0 Å². The van der Waals surface area contributed by atoms with Crippen LogP contribution in [0.4, 0.5) is 5.95 Å². The third-order valence-corrected chi connectivity index (χ3v) is 4.95. The Balaban J connectivity index is 1.85. The number of piperidine rings is 1. The van der Waals surface area contributed by atoms with Crippen LogP contribution < -0.4 is 10.6 Å². The topological polar surface area (TPSA) is 123 Å². The first-order chi connectivity index (χ1) is 11.4. The Morgan fingerprint density at radius 2 is 2.25 bits per heavy atom. The van der Waals surface area contributed by atoms with Gasteiger partial charge in [-0.05, 0) is 19.4 Å². The molecule has 1 aliphatic heterocycles. The van der Waals surface area contributed by atoms with Gasteiger partial charge in [-0.2, -0.15) is 4.98 Å². The summed E-state index contributed by atoms with van der Waals surface area (Å²) in [5.74, 6) is 1.38. The van der Waals surface area contributed by atoms with E-state index in [9.17, 15) is 8.42 Å². The largest absolute Gasteiger partial charge is 0.347 e. The number of anilines is 1. The molecule has 1 aliphatic rings. The van der Waals surface area contributed by atoms with Gasteiger partial charge in [0.15, 0.2) is 15.7 Å². The van der Waals surface area contributed by atoms with Gasteiger partial charge in [-0.15, -0.1) is 0 Å². The van der Waals surface area contributed by atoms with Crippen molar-refractivity contribution < 1.29 is 12.9 Å². The molecule has 0 radical (unpaired) electrons. The molecule has 0 spiro atoms. The lowest BCUT2D eigenvalue weighted by atomic mass is 9.96. The lowest BCUT2D eigenvalue weighted by Gasteiger charge is -2.24. The van der Waals surface area contributed by atoms with E-state index in [1.165, 1.54) is 12.5 Å². The van der Waals surface area contributed by atoms with E-state index in [2.05, 4.69) is 30.7 Å². The van der Waals surface area contributed by atoms with Gasteiger partial charge in [0.2, 0.25) is 11.8 Å². The molecule has 0 saturated carbocycles. The van der Waals surface area contributed by atoms with Crippen molar-refractivity contribution in [2.45, 2.75) is 37.1 Å². The zero-order chi connectivity index (χ0) is 17.2. The molecule has 0 aliphatic carbocycles. The SMILES string of the molecule is Cc1nc(CNc2ncc(S(C)(=O)=O)c([C@@H]3CCCNC3)n2)no1. The average molecular weight is 352 g/mol. The predicted octanol–water partition coefficient (Wildman–Crippen LogP) is 0.651. The second kappa shape index (κ2) is 6.81. The molecule has 3 rings (SSSR count). The highest BCUT2D eigenvalue weighted by atomic mass is 32.2. The molecule has 1 atom stereocenters. The zero-order valence-electron chi connectivity index (χ0n) is 13.6. The number of sulfone groups is 1. The van der Waals surface area contributed by atoms with Crippen molar-refractivity contribution in [1.82, 2.24) is 25.4 Å². The van der Waals surface area contributed by atoms with Crippen molar-refractivity contribution in [3.63, 3.8) is 0 Å². The summed E-state index contributed by atoms with van der Waals surface area (Å²) in [5, 5.41) is 10.1. The molecule has 2 aromatic rings. The Morgan fingerprint density at radius 1 is 1.42 bits per heavy atom. The van der Waals surface area contributed by atoms with Crippen molar-refractivity contribution in [1.29, 1.82) is 0 Å². The number of aryl methyl sites for hydroxylation is 1. The number of nitrogens with zero attached hydrogens (tertiary/aromatic N) is 4. The van der Waals surface area contributed by atoms with Crippen LogP contribution in [0.5, 0.6) is 0 Å². The Bertz CT molecular complexity index is 814. The normalized spacial score (nSPS) is 18.5. The van der Waals surface area contributed by atoms with Crippen LogP contribution in [0.3, 0.4) is 0 Å². The Hall–Kier alpha value is -2.07. The minimum absolute atomic E-state index is 0.0550. The molecule has 10 heteroatoms. The van der Waals surface area contributed by atoms with Crippen molar-refractivity contribution in [3.8, 4) is 0 Å². The summed E-state index contributed by atoms with van der Waals surface area (Å²) in [4.78, 5) is 12.9. The Morgan fingerprint density at radius 3 is 2.88 bits per heavy atom. The van der Waals surface area contributed by atoms with E-state index in [0.717, 1.165) is 19.4 Å². The third kappa shape index (κ3) is 3.88. The smallest absolute Gasteiger partial charge is 0.223 e. The lowest BCUT2D eigenvalue weighted by molar-refractivity contribution is 0.388. The minimum Gasteiger partial charge on any atom is -0.347 e. The van der Waals surface area contributed by atoms with Crippen molar-refractivity contribution in [3.05, 3.63) is 23.6 Å². The van der Waals surface area contributed by atoms with Crippen LogP contribution in [0.25, 0.3) is 0 Å². The van der Waals surface area contributed by atoms with Crippen molar-refractivity contribution >= 4 is 15.8 Å². The van der Waals surface area contributed by atoms with Crippen LogP contribution in [0, 0.1) is 6.92 Å². The lowest BCUT2D eigenvalue weighted by Crippen LogP contribution is -2.30. The molecule has 130 valence electrons. The molecule has 0 amide bonds. The maximum absolute atomic E-state index is 12.0. The Kier molecular flexibility index (Phi) is 4.76. The van der Waals surface area contributed by atoms with Gasteiger partial charge in [0, 0.05) is 25.6 Å². The van der Waals surface area contributed by atoms with Gasteiger partial charge in [-0.3, -0.25) is 0 Å². The quantitative estimate of drug-likeness (QED) is 0.798. The van der Waals surface area contributed by atoms with Gasteiger partial charge >= 0.3 is 0 Å². The maximum atomic E-state index is 12.0. The highest BCUT2D eigenvalue weighted by Crippen LogP contribution is 2.27. The molecule has 0 unspecified atom stereocenters. The fraction of sp³-hybridized carbons (Fsp3) is 0.571. The molecular weight excluding hydrogens is 332 g/mol. The summed E-state index contributed by atoms with van der Waals surface area (Å²) in [6, 6.07) is 0. The van der Waals surface area contributed by atoms with Crippen LogP contribution in [0.15, 0.2) is 15.6 Å². The zero-order valence-corrected chi connectivity index (χ0v) is 14.4. The monoisotopic (exact) mass is 352 g/mol. The van der Waals surface area contributed by atoms with E-state index < -0.39 is 9.84 Å². The molecule has 2 aromatic heterocycles. The summed E-state index contributed by atoms with van der Waals surface area (Å²) in [6.45, 7) is 3.67. The van der Waals surface area contributed by atoms with E-state index in [1.807, 2.05) is 0 Å². The van der Waals surface area contributed by atoms with Crippen LogP contribution in [0.1, 0.15) is 36.2 Å². The number of rotatable bonds is 5.